The number of thiophene rings is 1. The summed E-state index contributed by atoms with van der Waals surface area (Å²) in [7, 11) is 0. The van der Waals surface area contributed by atoms with Gasteiger partial charge in [0.05, 0.1) is 6.04 Å². The van der Waals surface area contributed by atoms with Crippen molar-refractivity contribution in [3.05, 3.63) is 64.0 Å². The first-order valence-corrected chi connectivity index (χ1v) is 8.88. The first-order chi connectivity index (χ1) is 12.5. The van der Waals surface area contributed by atoms with Crippen molar-refractivity contribution in [2.45, 2.75) is 19.9 Å². The molecule has 0 aliphatic carbocycles. The number of amides is 2. The van der Waals surface area contributed by atoms with Crippen molar-refractivity contribution < 1.29 is 19.1 Å². The molecule has 0 saturated heterocycles. The van der Waals surface area contributed by atoms with Gasteiger partial charge in [0.25, 0.3) is 5.91 Å². The minimum absolute atomic E-state index is 0.0252. The van der Waals surface area contributed by atoms with Crippen LogP contribution in [0.15, 0.2) is 53.5 Å². The highest BCUT2D eigenvalue weighted by Gasteiger charge is 2.16. The third-order valence-corrected chi connectivity index (χ3v) is 4.38. The lowest BCUT2D eigenvalue weighted by molar-refractivity contribution is -0.145. The maximum atomic E-state index is 12.2. The number of benzene rings is 1. The van der Waals surface area contributed by atoms with Crippen molar-refractivity contribution in [3.8, 4) is 0 Å². The summed E-state index contributed by atoms with van der Waals surface area (Å²) in [5.41, 5.74) is 0.701. The predicted octanol–water partition coefficient (Wildman–Crippen LogP) is 2.65. The minimum Gasteiger partial charge on any atom is -0.451 e. The number of esters is 1. The zero-order chi connectivity index (χ0) is 18.9. The van der Waals surface area contributed by atoms with Gasteiger partial charge in [-0.1, -0.05) is 36.4 Å². The molecule has 0 fully saturated rings. The van der Waals surface area contributed by atoms with E-state index in [0.717, 1.165) is 10.4 Å². The van der Waals surface area contributed by atoms with Crippen molar-refractivity contribution in [2.24, 2.45) is 0 Å². The minimum atomic E-state index is -0.775. The van der Waals surface area contributed by atoms with Crippen LogP contribution in [-0.2, 0) is 19.1 Å². The molecule has 2 amide bonds. The van der Waals surface area contributed by atoms with Crippen LogP contribution >= 0.6 is 11.3 Å². The Morgan fingerprint density at radius 1 is 1.15 bits per heavy atom. The molecule has 1 atom stereocenters. The van der Waals surface area contributed by atoms with Gasteiger partial charge in [-0.2, -0.15) is 0 Å². The second kappa shape index (κ2) is 9.53. The van der Waals surface area contributed by atoms with E-state index in [0.29, 0.717) is 0 Å². The molecule has 1 aromatic carbocycles. The molecule has 0 aliphatic heterocycles. The maximum absolute atomic E-state index is 12.2. The van der Waals surface area contributed by atoms with E-state index in [4.69, 9.17) is 4.74 Å². The Morgan fingerprint density at radius 2 is 1.88 bits per heavy atom. The second-order valence-electron chi connectivity index (χ2n) is 5.53. The number of carbonyl (C=O) groups is 3. The summed E-state index contributed by atoms with van der Waals surface area (Å²) in [5.74, 6) is -1.59. The molecule has 0 unspecified atom stereocenters. The highest BCUT2D eigenvalue weighted by atomic mass is 32.1. The number of ether oxygens (including phenoxy) is 1. The molecule has 1 heterocycles. The fourth-order valence-electron chi connectivity index (χ4n) is 2.15. The molecule has 0 bridgehead atoms. The van der Waals surface area contributed by atoms with Crippen LogP contribution in [0.3, 0.4) is 0 Å². The summed E-state index contributed by atoms with van der Waals surface area (Å²) < 4.78 is 5.03. The molecule has 0 saturated carbocycles. The standard InChI is InChI=1S/C19H20N2O4S/c1-13(17-9-6-10-26-17)20-18(23)12-25-19(24)16(21-14(2)22)11-15-7-4-3-5-8-15/h3-11,13H,12H2,1-2H3,(H,20,23)(H,21,22)/b16-11-/t13-/m1/s1. The van der Waals surface area contributed by atoms with Crippen LogP contribution in [0.1, 0.15) is 30.3 Å². The summed E-state index contributed by atoms with van der Waals surface area (Å²) in [5, 5.41) is 7.11. The van der Waals surface area contributed by atoms with Gasteiger partial charge in [0.1, 0.15) is 5.70 Å². The van der Waals surface area contributed by atoms with E-state index < -0.39 is 24.4 Å². The SMILES string of the molecule is CC(=O)N/C(=C\c1ccccc1)C(=O)OCC(=O)N[C@H](C)c1cccs1. The third kappa shape index (κ3) is 6.18. The van der Waals surface area contributed by atoms with E-state index in [1.165, 1.54) is 24.3 Å². The van der Waals surface area contributed by atoms with E-state index in [1.54, 1.807) is 12.1 Å². The van der Waals surface area contributed by atoms with E-state index in [2.05, 4.69) is 10.6 Å². The fraction of sp³-hybridized carbons (Fsp3) is 0.211. The van der Waals surface area contributed by atoms with Crippen molar-refractivity contribution in [3.63, 3.8) is 0 Å². The normalized spacial score (nSPS) is 12.2. The molecule has 2 aromatic rings. The van der Waals surface area contributed by atoms with Crippen LogP contribution < -0.4 is 10.6 Å². The van der Waals surface area contributed by atoms with Crippen LogP contribution in [0, 0.1) is 0 Å². The van der Waals surface area contributed by atoms with Gasteiger partial charge in [-0.25, -0.2) is 4.79 Å². The fourth-order valence-corrected chi connectivity index (χ4v) is 2.89. The van der Waals surface area contributed by atoms with E-state index in [9.17, 15) is 14.4 Å². The molecule has 0 aliphatic rings. The predicted molar refractivity (Wildman–Crippen MR) is 100 cm³/mol. The third-order valence-electron chi connectivity index (χ3n) is 3.32. The first-order valence-electron chi connectivity index (χ1n) is 8.00. The summed E-state index contributed by atoms with van der Waals surface area (Å²) in [6, 6.07) is 12.7. The topological polar surface area (TPSA) is 84.5 Å². The van der Waals surface area contributed by atoms with Gasteiger partial charge in [-0.15, -0.1) is 11.3 Å². The number of rotatable bonds is 7. The van der Waals surface area contributed by atoms with Gasteiger partial charge < -0.3 is 15.4 Å². The monoisotopic (exact) mass is 372 g/mol. The summed E-state index contributed by atoms with van der Waals surface area (Å²) >= 11 is 1.53. The van der Waals surface area contributed by atoms with Gasteiger partial charge in [-0.3, -0.25) is 9.59 Å². The average molecular weight is 372 g/mol. The van der Waals surface area contributed by atoms with E-state index >= 15 is 0 Å². The molecule has 7 heteroatoms. The van der Waals surface area contributed by atoms with Crippen LogP contribution in [0.2, 0.25) is 0 Å². The van der Waals surface area contributed by atoms with Crippen LogP contribution in [0.25, 0.3) is 6.08 Å². The van der Waals surface area contributed by atoms with Gasteiger partial charge in [0, 0.05) is 11.8 Å². The largest absolute Gasteiger partial charge is 0.451 e. The van der Waals surface area contributed by atoms with E-state index in [-0.39, 0.29) is 11.7 Å². The molecule has 0 spiro atoms. The van der Waals surface area contributed by atoms with Crippen molar-refractivity contribution in [1.82, 2.24) is 10.6 Å². The lowest BCUT2D eigenvalue weighted by Crippen LogP contribution is -2.33. The Hall–Kier alpha value is -2.93. The number of carbonyl (C=O) groups excluding carboxylic acids is 3. The van der Waals surface area contributed by atoms with Crippen LogP contribution in [0.5, 0.6) is 0 Å². The molecule has 26 heavy (non-hydrogen) atoms. The molecular weight excluding hydrogens is 352 g/mol. The Kier molecular flexibility index (Phi) is 7.11. The maximum Gasteiger partial charge on any atom is 0.355 e. The lowest BCUT2D eigenvalue weighted by Gasteiger charge is -2.13. The zero-order valence-corrected chi connectivity index (χ0v) is 15.3. The van der Waals surface area contributed by atoms with Gasteiger partial charge in [-0.05, 0) is 30.0 Å². The highest BCUT2D eigenvalue weighted by Crippen LogP contribution is 2.17. The van der Waals surface area contributed by atoms with Gasteiger partial charge >= 0.3 is 5.97 Å². The Morgan fingerprint density at radius 3 is 2.50 bits per heavy atom. The highest BCUT2D eigenvalue weighted by molar-refractivity contribution is 7.10. The summed E-state index contributed by atoms with van der Waals surface area (Å²) in [4.78, 5) is 36.5. The molecule has 1 aromatic heterocycles. The quantitative estimate of drug-likeness (QED) is 0.578. The number of hydrogen-bond donors (Lipinski definition) is 2. The van der Waals surface area contributed by atoms with Crippen LogP contribution in [-0.4, -0.2) is 24.4 Å². The number of hydrogen-bond acceptors (Lipinski definition) is 5. The Balaban J connectivity index is 1.95. The van der Waals surface area contributed by atoms with Crippen molar-refractivity contribution in [2.75, 3.05) is 6.61 Å². The Bertz CT molecular complexity index is 785. The van der Waals surface area contributed by atoms with Crippen molar-refractivity contribution >= 4 is 35.2 Å². The lowest BCUT2D eigenvalue weighted by atomic mass is 10.2. The molecule has 136 valence electrons. The molecule has 6 nitrogen and oxygen atoms in total. The average Bonchev–Trinajstić information content (AvgIpc) is 3.14. The molecule has 2 rings (SSSR count). The Labute approximate surface area is 155 Å². The molecule has 0 radical (unpaired) electrons. The van der Waals surface area contributed by atoms with Crippen molar-refractivity contribution in [1.29, 1.82) is 0 Å². The smallest absolute Gasteiger partial charge is 0.355 e. The second-order valence-corrected chi connectivity index (χ2v) is 6.51. The number of nitrogens with one attached hydrogen (secondary N) is 2. The summed E-state index contributed by atoms with van der Waals surface area (Å²) in [6.07, 6.45) is 1.50. The zero-order valence-electron chi connectivity index (χ0n) is 14.5. The van der Waals surface area contributed by atoms with E-state index in [1.807, 2.05) is 42.6 Å². The van der Waals surface area contributed by atoms with Crippen LogP contribution in [0.4, 0.5) is 0 Å². The van der Waals surface area contributed by atoms with Gasteiger partial charge in [0.15, 0.2) is 6.61 Å². The molecule has 2 N–H and O–H groups in total. The summed E-state index contributed by atoms with van der Waals surface area (Å²) in [6.45, 7) is 2.71. The molecular formula is C19H20N2O4S. The first kappa shape index (κ1) is 19.4. The van der Waals surface area contributed by atoms with Gasteiger partial charge in [0.2, 0.25) is 5.91 Å².